The van der Waals surface area contributed by atoms with E-state index in [0.29, 0.717) is 6.10 Å². The van der Waals surface area contributed by atoms with E-state index >= 15 is 0 Å². The molecule has 1 saturated carbocycles. The number of imidazole rings is 1. The van der Waals surface area contributed by atoms with Crippen LogP contribution in [0, 0.1) is 5.92 Å². The Morgan fingerprint density at radius 1 is 1.42 bits per heavy atom. The standard InChI is InChI=1S/C15H26N2OS/c1-3-9-17-10-8-16-15(17)19-12-11-18-14-7-5-4-6-13(14)2/h8,10,13-14H,3-7,9,11-12H2,1-2H3/t13-,14-/m0/s1. The van der Waals surface area contributed by atoms with Crippen LogP contribution in [0.4, 0.5) is 0 Å². The third-order valence-corrected chi connectivity index (χ3v) is 4.79. The van der Waals surface area contributed by atoms with Crippen LogP contribution in [-0.4, -0.2) is 28.0 Å². The van der Waals surface area contributed by atoms with E-state index in [1.165, 1.54) is 25.7 Å². The second-order valence-corrected chi connectivity index (χ2v) is 6.48. The summed E-state index contributed by atoms with van der Waals surface area (Å²) in [7, 11) is 0. The van der Waals surface area contributed by atoms with Crippen LogP contribution in [0.1, 0.15) is 46.0 Å². The summed E-state index contributed by atoms with van der Waals surface area (Å²) in [6, 6.07) is 0. The lowest BCUT2D eigenvalue weighted by Gasteiger charge is -2.28. The molecule has 1 aromatic rings. The maximum Gasteiger partial charge on any atom is 0.168 e. The monoisotopic (exact) mass is 282 g/mol. The maximum absolute atomic E-state index is 6.04. The van der Waals surface area contributed by atoms with E-state index in [0.717, 1.165) is 36.4 Å². The van der Waals surface area contributed by atoms with Crippen LogP contribution in [0.2, 0.25) is 0 Å². The van der Waals surface area contributed by atoms with Crippen LogP contribution < -0.4 is 0 Å². The zero-order valence-corrected chi connectivity index (χ0v) is 13.0. The zero-order valence-electron chi connectivity index (χ0n) is 12.2. The molecule has 0 bridgehead atoms. The van der Waals surface area contributed by atoms with Gasteiger partial charge in [0.15, 0.2) is 5.16 Å². The van der Waals surface area contributed by atoms with Gasteiger partial charge in [-0.05, 0) is 25.2 Å². The molecular formula is C15H26N2OS. The highest BCUT2D eigenvalue weighted by molar-refractivity contribution is 7.99. The number of hydrogen-bond donors (Lipinski definition) is 0. The molecule has 19 heavy (non-hydrogen) atoms. The van der Waals surface area contributed by atoms with Crippen molar-refractivity contribution in [2.24, 2.45) is 5.92 Å². The third kappa shape index (κ3) is 4.53. The van der Waals surface area contributed by atoms with Crippen molar-refractivity contribution < 1.29 is 4.74 Å². The number of aromatic nitrogens is 2. The van der Waals surface area contributed by atoms with Crippen LogP contribution in [0.5, 0.6) is 0 Å². The van der Waals surface area contributed by atoms with Gasteiger partial charge in [-0.2, -0.15) is 0 Å². The molecule has 0 unspecified atom stereocenters. The van der Waals surface area contributed by atoms with Crippen LogP contribution in [0.25, 0.3) is 0 Å². The number of aryl methyl sites for hydroxylation is 1. The van der Waals surface area contributed by atoms with Crippen molar-refractivity contribution >= 4 is 11.8 Å². The summed E-state index contributed by atoms with van der Waals surface area (Å²) in [6.07, 6.45) is 10.9. The van der Waals surface area contributed by atoms with Crippen molar-refractivity contribution in [1.82, 2.24) is 9.55 Å². The summed E-state index contributed by atoms with van der Waals surface area (Å²) >= 11 is 1.81. The molecule has 0 spiro atoms. The van der Waals surface area contributed by atoms with Crippen molar-refractivity contribution in [2.45, 2.75) is 63.8 Å². The fourth-order valence-corrected chi connectivity index (χ4v) is 3.52. The molecule has 0 saturated heterocycles. The molecule has 3 nitrogen and oxygen atoms in total. The fourth-order valence-electron chi connectivity index (χ4n) is 2.71. The van der Waals surface area contributed by atoms with Crippen molar-refractivity contribution in [3.63, 3.8) is 0 Å². The Kier molecular flexibility index (Phi) is 6.24. The van der Waals surface area contributed by atoms with E-state index in [-0.39, 0.29) is 0 Å². The molecule has 0 aromatic carbocycles. The van der Waals surface area contributed by atoms with E-state index in [2.05, 4.69) is 29.6 Å². The van der Waals surface area contributed by atoms with Crippen LogP contribution in [-0.2, 0) is 11.3 Å². The molecule has 0 radical (unpaired) electrons. The number of rotatable bonds is 7. The minimum absolute atomic E-state index is 0.490. The van der Waals surface area contributed by atoms with Crippen LogP contribution >= 0.6 is 11.8 Å². The average molecular weight is 282 g/mol. The largest absolute Gasteiger partial charge is 0.377 e. The molecular weight excluding hydrogens is 256 g/mol. The van der Waals surface area contributed by atoms with Crippen molar-refractivity contribution in [3.05, 3.63) is 12.4 Å². The van der Waals surface area contributed by atoms with E-state index in [1.807, 2.05) is 18.0 Å². The third-order valence-electron chi connectivity index (χ3n) is 3.82. The van der Waals surface area contributed by atoms with Gasteiger partial charge in [-0.3, -0.25) is 0 Å². The first kappa shape index (κ1) is 14.9. The molecule has 108 valence electrons. The molecule has 1 aliphatic carbocycles. The molecule has 2 rings (SSSR count). The Morgan fingerprint density at radius 2 is 2.26 bits per heavy atom. The van der Waals surface area contributed by atoms with Gasteiger partial charge in [-0.1, -0.05) is 38.5 Å². The lowest BCUT2D eigenvalue weighted by atomic mass is 9.88. The van der Waals surface area contributed by atoms with E-state index < -0.39 is 0 Å². The van der Waals surface area contributed by atoms with Crippen LogP contribution in [0.15, 0.2) is 17.6 Å². The molecule has 4 heteroatoms. The second-order valence-electron chi connectivity index (χ2n) is 5.42. The fraction of sp³-hybridized carbons (Fsp3) is 0.800. The summed E-state index contributed by atoms with van der Waals surface area (Å²) < 4.78 is 8.27. The summed E-state index contributed by atoms with van der Waals surface area (Å²) in [5.41, 5.74) is 0. The number of hydrogen-bond acceptors (Lipinski definition) is 3. The number of ether oxygens (including phenoxy) is 1. The molecule has 1 fully saturated rings. The van der Waals surface area contributed by atoms with Crippen molar-refractivity contribution in [3.8, 4) is 0 Å². The first-order valence-electron chi connectivity index (χ1n) is 7.56. The van der Waals surface area contributed by atoms with Crippen molar-refractivity contribution in [1.29, 1.82) is 0 Å². The Hall–Kier alpha value is -0.480. The molecule has 1 heterocycles. The lowest BCUT2D eigenvalue weighted by Crippen LogP contribution is -2.26. The van der Waals surface area contributed by atoms with Crippen molar-refractivity contribution in [2.75, 3.05) is 12.4 Å². The summed E-state index contributed by atoms with van der Waals surface area (Å²) in [5, 5.41) is 1.13. The minimum Gasteiger partial charge on any atom is -0.377 e. The highest BCUT2D eigenvalue weighted by Gasteiger charge is 2.21. The molecule has 0 amide bonds. The molecule has 2 atom stereocenters. The zero-order chi connectivity index (χ0) is 13.5. The Morgan fingerprint density at radius 3 is 3.05 bits per heavy atom. The predicted molar refractivity (Wildman–Crippen MR) is 80.6 cm³/mol. The quantitative estimate of drug-likeness (QED) is 0.559. The molecule has 1 aliphatic rings. The lowest BCUT2D eigenvalue weighted by molar-refractivity contribution is 0.00345. The van der Waals surface area contributed by atoms with Gasteiger partial charge >= 0.3 is 0 Å². The van der Waals surface area contributed by atoms with Gasteiger partial charge < -0.3 is 9.30 Å². The van der Waals surface area contributed by atoms with Gasteiger partial charge in [-0.25, -0.2) is 4.98 Å². The topological polar surface area (TPSA) is 27.1 Å². The molecule has 1 aromatic heterocycles. The summed E-state index contributed by atoms with van der Waals surface area (Å²) in [6.45, 7) is 6.43. The van der Waals surface area contributed by atoms with E-state index in [4.69, 9.17) is 4.74 Å². The van der Waals surface area contributed by atoms with Gasteiger partial charge in [0.1, 0.15) is 0 Å². The number of thioether (sulfide) groups is 1. The Bertz CT molecular complexity index is 367. The van der Waals surface area contributed by atoms with Gasteiger partial charge in [0.2, 0.25) is 0 Å². The first-order chi connectivity index (χ1) is 9.31. The van der Waals surface area contributed by atoms with Gasteiger partial charge in [-0.15, -0.1) is 0 Å². The smallest absolute Gasteiger partial charge is 0.168 e. The molecule has 0 aliphatic heterocycles. The highest BCUT2D eigenvalue weighted by atomic mass is 32.2. The summed E-state index contributed by atoms with van der Waals surface area (Å²) in [5.74, 6) is 1.74. The van der Waals surface area contributed by atoms with E-state index in [9.17, 15) is 0 Å². The van der Waals surface area contributed by atoms with Gasteiger partial charge in [0.05, 0.1) is 12.7 Å². The Balaban J connectivity index is 1.67. The maximum atomic E-state index is 6.04. The minimum atomic E-state index is 0.490. The summed E-state index contributed by atoms with van der Waals surface area (Å²) in [4.78, 5) is 4.40. The first-order valence-corrected chi connectivity index (χ1v) is 8.55. The highest BCUT2D eigenvalue weighted by Crippen LogP contribution is 2.26. The SMILES string of the molecule is CCCn1ccnc1SCCO[C@H]1CCCC[C@@H]1C. The van der Waals surface area contributed by atoms with Crippen LogP contribution in [0.3, 0.4) is 0 Å². The van der Waals surface area contributed by atoms with Gasteiger partial charge in [0.25, 0.3) is 0 Å². The predicted octanol–water partition coefficient (Wildman–Crippen LogP) is 3.98. The second kappa shape index (κ2) is 7.95. The van der Waals surface area contributed by atoms with Gasteiger partial charge in [0, 0.05) is 24.7 Å². The Labute approximate surface area is 121 Å². The normalized spacial score (nSPS) is 23.7. The number of nitrogens with zero attached hydrogens (tertiary/aromatic N) is 2. The van der Waals surface area contributed by atoms with E-state index in [1.54, 1.807) is 0 Å². The molecule has 0 N–H and O–H groups in total. The average Bonchev–Trinajstić information content (AvgIpc) is 2.85.